The second kappa shape index (κ2) is 6.55. The Morgan fingerprint density at radius 2 is 2.16 bits per heavy atom. The summed E-state index contributed by atoms with van der Waals surface area (Å²) in [6.45, 7) is 4.91. The van der Waals surface area contributed by atoms with Crippen LogP contribution in [0.4, 0.5) is 5.82 Å². The van der Waals surface area contributed by atoms with Crippen molar-refractivity contribution < 1.29 is 4.79 Å². The third-order valence-electron chi connectivity index (χ3n) is 3.81. The van der Waals surface area contributed by atoms with E-state index in [0.29, 0.717) is 11.6 Å². The van der Waals surface area contributed by atoms with Crippen LogP contribution in [0.1, 0.15) is 50.0 Å². The number of carbonyl (C=O) groups excluding carboxylic acids is 1. The Hall–Kier alpha value is -1.58. The highest BCUT2D eigenvalue weighted by Crippen LogP contribution is 2.27. The number of aromatic nitrogens is 1. The van der Waals surface area contributed by atoms with E-state index in [1.54, 1.807) is 6.07 Å². The van der Waals surface area contributed by atoms with Gasteiger partial charge < -0.3 is 10.6 Å². The van der Waals surface area contributed by atoms with Crippen molar-refractivity contribution in [2.75, 3.05) is 11.9 Å². The Labute approximate surface area is 115 Å². The number of rotatable bonds is 5. The van der Waals surface area contributed by atoms with Gasteiger partial charge in [-0.15, -0.1) is 0 Å². The minimum Gasteiger partial charge on any atom is -0.370 e. The van der Waals surface area contributed by atoms with E-state index in [2.05, 4.69) is 22.5 Å². The molecule has 0 aliphatic heterocycles. The van der Waals surface area contributed by atoms with Crippen LogP contribution < -0.4 is 10.6 Å². The van der Waals surface area contributed by atoms with Crippen molar-refractivity contribution in [3.63, 3.8) is 0 Å². The summed E-state index contributed by atoms with van der Waals surface area (Å²) >= 11 is 0. The largest absolute Gasteiger partial charge is 0.370 e. The standard InChI is InChI=1S/C15H23N3O/c1-3-16-14-10-6-9-13(18-14)15(19)17-11(2)12-7-4-5-8-12/h6,9-12H,3-5,7-8H2,1-2H3,(H,16,18)(H,17,19). The fourth-order valence-electron chi connectivity index (χ4n) is 2.70. The van der Waals surface area contributed by atoms with Crippen LogP contribution in [-0.2, 0) is 0 Å². The first-order valence-corrected chi connectivity index (χ1v) is 7.22. The lowest BCUT2D eigenvalue weighted by Crippen LogP contribution is -2.37. The Morgan fingerprint density at radius 3 is 2.84 bits per heavy atom. The van der Waals surface area contributed by atoms with Gasteiger partial charge in [0.25, 0.3) is 5.91 Å². The molecule has 1 atom stereocenters. The first-order valence-electron chi connectivity index (χ1n) is 7.22. The number of nitrogens with zero attached hydrogens (tertiary/aromatic N) is 1. The van der Waals surface area contributed by atoms with E-state index in [9.17, 15) is 4.79 Å². The quantitative estimate of drug-likeness (QED) is 0.857. The van der Waals surface area contributed by atoms with Crippen molar-refractivity contribution in [2.24, 2.45) is 5.92 Å². The highest BCUT2D eigenvalue weighted by Gasteiger charge is 2.23. The molecule has 4 heteroatoms. The van der Waals surface area contributed by atoms with Crippen LogP contribution >= 0.6 is 0 Å². The van der Waals surface area contributed by atoms with Gasteiger partial charge in [0.1, 0.15) is 11.5 Å². The first kappa shape index (κ1) is 13.8. The Morgan fingerprint density at radius 1 is 1.42 bits per heavy atom. The summed E-state index contributed by atoms with van der Waals surface area (Å²) in [5, 5.41) is 6.20. The fraction of sp³-hybridized carbons (Fsp3) is 0.600. The number of pyridine rings is 1. The van der Waals surface area contributed by atoms with E-state index < -0.39 is 0 Å². The van der Waals surface area contributed by atoms with Crippen LogP contribution in [0.3, 0.4) is 0 Å². The zero-order chi connectivity index (χ0) is 13.7. The predicted molar refractivity (Wildman–Crippen MR) is 77.3 cm³/mol. The molecule has 1 unspecified atom stereocenters. The molecule has 0 bridgehead atoms. The number of anilines is 1. The number of hydrogen-bond acceptors (Lipinski definition) is 3. The van der Waals surface area contributed by atoms with Crippen molar-refractivity contribution in [3.05, 3.63) is 23.9 Å². The van der Waals surface area contributed by atoms with Crippen molar-refractivity contribution in [1.82, 2.24) is 10.3 Å². The highest BCUT2D eigenvalue weighted by molar-refractivity contribution is 5.92. The topological polar surface area (TPSA) is 54.0 Å². The minimum absolute atomic E-state index is 0.0702. The normalized spacial score (nSPS) is 17.2. The Balaban J connectivity index is 1.96. The third kappa shape index (κ3) is 3.69. The van der Waals surface area contributed by atoms with Crippen molar-refractivity contribution in [2.45, 2.75) is 45.6 Å². The van der Waals surface area contributed by atoms with Crippen LogP contribution in [0.2, 0.25) is 0 Å². The zero-order valence-corrected chi connectivity index (χ0v) is 11.8. The summed E-state index contributed by atoms with van der Waals surface area (Å²) in [6.07, 6.45) is 5.04. The van der Waals surface area contributed by atoms with E-state index in [4.69, 9.17) is 0 Å². The maximum atomic E-state index is 12.2. The van der Waals surface area contributed by atoms with Gasteiger partial charge >= 0.3 is 0 Å². The maximum absolute atomic E-state index is 12.2. The molecule has 2 N–H and O–H groups in total. The number of hydrogen-bond donors (Lipinski definition) is 2. The van der Waals surface area contributed by atoms with Crippen LogP contribution in [0.5, 0.6) is 0 Å². The summed E-state index contributed by atoms with van der Waals surface area (Å²) in [6, 6.07) is 5.73. The fourth-order valence-corrected chi connectivity index (χ4v) is 2.70. The van der Waals surface area contributed by atoms with Gasteiger partial charge in [-0.1, -0.05) is 18.9 Å². The van der Waals surface area contributed by atoms with Gasteiger partial charge in [-0.25, -0.2) is 4.98 Å². The van der Waals surface area contributed by atoms with E-state index in [-0.39, 0.29) is 11.9 Å². The van der Waals surface area contributed by atoms with Crippen LogP contribution in [0, 0.1) is 5.92 Å². The lowest BCUT2D eigenvalue weighted by molar-refractivity contribution is 0.0922. The summed E-state index contributed by atoms with van der Waals surface area (Å²) in [4.78, 5) is 16.5. The van der Waals surface area contributed by atoms with Gasteiger partial charge in [-0.2, -0.15) is 0 Å². The molecular formula is C15H23N3O. The van der Waals surface area contributed by atoms with Gasteiger partial charge in [0.05, 0.1) is 0 Å². The molecule has 0 spiro atoms. The number of nitrogens with one attached hydrogen (secondary N) is 2. The summed E-state index contributed by atoms with van der Waals surface area (Å²) in [5.74, 6) is 1.31. The van der Waals surface area contributed by atoms with Gasteiger partial charge in [0.2, 0.25) is 0 Å². The van der Waals surface area contributed by atoms with Crippen molar-refractivity contribution >= 4 is 11.7 Å². The third-order valence-corrected chi connectivity index (χ3v) is 3.81. The van der Waals surface area contributed by atoms with E-state index in [1.165, 1.54) is 25.7 Å². The maximum Gasteiger partial charge on any atom is 0.270 e. The predicted octanol–water partition coefficient (Wildman–Crippen LogP) is 2.82. The molecule has 1 aliphatic rings. The lowest BCUT2D eigenvalue weighted by atomic mass is 10.00. The molecule has 0 saturated heterocycles. The lowest BCUT2D eigenvalue weighted by Gasteiger charge is -2.20. The molecule has 1 fully saturated rings. The number of amides is 1. The van der Waals surface area contributed by atoms with Crippen LogP contribution in [-0.4, -0.2) is 23.5 Å². The Kier molecular flexibility index (Phi) is 4.77. The van der Waals surface area contributed by atoms with Crippen molar-refractivity contribution in [3.8, 4) is 0 Å². The number of carbonyl (C=O) groups is 1. The van der Waals surface area contributed by atoms with E-state index in [0.717, 1.165) is 12.4 Å². The molecule has 1 heterocycles. The molecule has 1 aliphatic carbocycles. The van der Waals surface area contributed by atoms with Gasteiger partial charge in [-0.05, 0) is 44.7 Å². The Bertz CT molecular complexity index is 427. The molecule has 0 radical (unpaired) electrons. The zero-order valence-electron chi connectivity index (χ0n) is 11.8. The molecule has 1 saturated carbocycles. The van der Waals surface area contributed by atoms with Crippen LogP contribution in [0.15, 0.2) is 18.2 Å². The highest BCUT2D eigenvalue weighted by atomic mass is 16.1. The van der Waals surface area contributed by atoms with E-state index in [1.807, 2.05) is 19.1 Å². The molecule has 19 heavy (non-hydrogen) atoms. The average molecular weight is 261 g/mol. The smallest absolute Gasteiger partial charge is 0.270 e. The van der Waals surface area contributed by atoms with E-state index >= 15 is 0 Å². The molecule has 0 aromatic carbocycles. The molecule has 1 aromatic heterocycles. The second-order valence-corrected chi connectivity index (χ2v) is 5.25. The van der Waals surface area contributed by atoms with Gasteiger partial charge in [0.15, 0.2) is 0 Å². The molecule has 4 nitrogen and oxygen atoms in total. The summed E-state index contributed by atoms with van der Waals surface area (Å²) in [7, 11) is 0. The SMILES string of the molecule is CCNc1cccc(C(=O)NC(C)C2CCCC2)n1. The van der Waals surface area contributed by atoms with Crippen LogP contribution in [0.25, 0.3) is 0 Å². The summed E-state index contributed by atoms with van der Waals surface area (Å²) in [5.41, 5.74) is 0.489. The van der Waals surface area contributed by atoms with Gasteiger partial charge in [0, 0.05) is 12.6 Å². The molecule has 1 amide bonds. The molecule has 104 valence electrons. The molecule has 1 aromatic rings. The second-order valence-electron chi connectivity index (χ2n) is 5.25. The average Bonchev–Trinajstić information content (AvgIpc) is 2.93. The summed E-state index contributed by atoms with van der Waals surface area (Å²) < 4.78 is 0. The molecule has 2 rings (SSSR count). The van der Waals surface area contributed by atoms with Gasteiger partial charge in [-0.3, -0.25) is 4.79 Å². The van der Waals surface area contributed by atoms with Crippen molar-refractivity contribution in [1.29, 1.82) is 0 Å². The monoisotopic (exact) mass is 261 g/mol. The minimum atomic E-state index is -0.0702. The molecular weight excluding hydrogens is 238 g/mol. The first-order chi connectivity index (χ1) is 9.20.